The zero-order chi connectivity index (χ0) is 16.8. The minimum Gasteiger partial charge on any atom is -0.497 e. The highest BCUT2D eigenvalue weighted by Crippen LogP contribution is 2.18. The van der Waals surface area contributed by atoms with Crippen LogP contribution in [-0.2, 0) is 11.3 Å². The smallest absolute Gasteiger partial charge is 0.233 e. The Morgan fingerprint density at radius 1 is 1.43 bits per heavy atom. The maximum absolute atomic E-state index is 12.3. The molecule has 124 valence electrons. The number of benzene rings is 1. The van der Waals surface area contributed by atoms with E-state index in [0.29, 0.717) is 17.5 Å². The molecule has 7 nitrogen and oxygen atoms in total. The Balaban J connectivity index is 1.91. The van der Waals surface area contributed by atoms with Gasteiger partial charge in [0.1, 0.15) is 5.75 Å². The summed E-state index contributed by atoms with van der Waals surface area (Å²) < 4.78 is 6.90. The highest BCUT2D eigenvalue weighted by atomic mass is 32.2. The number of rotatable bonds is 7. The van der Waals surface area contributed by atoms with Gasteiger partial charge in [-0.05, 0) is 42.0 Å². The number of carbonyl (C=O) groups is 1. The predicted molar refractivity (Wildman–Crippen MR) is 88.4 cm³/mol. The van der Waals surface area contributed by atoms with Crippen molar-refractivity contribution >= 4 is 17.7 Å². The molecule has 0 saturated heterocycles. The fraction of sp³-hybridized carbons (Fsp3) is 0.467. The highest BCUT2D eigenvalue weighted by Gasteiger charge is 2.15. The van der Waals surface area contributed by atoms with E-state index in [-0.39, 0.29) is 11.9 Å². The molecule has 0 aliphatic heterocycles. The lowest BCUT2D eigenvalue weighted by molar-refractivity contribution is -0.127. The fourth-order valence-corrected chi connectivity index (χ4v) is 2.92. The van der Waals surface area contributed by atoms with Crippen molar-refractivity contribution in [1.29, 1.82) is 0 Å². The molecule has 1 heterocycles. The summed E-state index contributed by atoms with van der Waals surface area (Å²) in [6.45, 7) is 4.53. The lowest BCUT2D eigenvalue weighted by Crippen LogP contribution is -2.28. The SMILES string of the molecule is COc1cccc(CN(C)C(=O)CSc2nnnn2C(C)C)c1. The van der Waals surface area contributed by atoms with Gasteiger partial charge in [0.05, 0.1) is 18.9 Å². The summed E-state index contributed by atoms with van der Waals surface area (Å²) in [7, 11) is 3.41. The van der Waals surface area contributed by atoms with Gasteiger partial charge in [-0.15, -0.1) is 5.10 Å². The standard InChI is InChI=1S/C15H21N5O2S/c1-11(2)20-15(16-17-18-20)23-10-14(21)19(3)9-12-6-5-7-13(8-12)22-4/h5-8,11H,9-10H2,1-4H3. The molecule has 0 aliphatic carbocycles. The van der Waals surface area contributed by atoms with Crippen molar-refractivity contribution in [3.63, 3.8) is 0 Å². The van der Waals surface area contributed by atoms with Crippen molar-refractivity contribution in [3.05, 3.63) is 29.8 Å². The number of tetrazole rings is 1. The molecule has 2 aromatic rings. The van der Waals surface area contributed by atoms with Crippen molar-refractivity contribution in [3.8, 4) is 5.75 Å². The number of thioether (sulfide) groups is 1. The second-order valence-corrected chi connectivity index (χ2v) is 6.33. The first-order chi connectivity index (χ1) is 11.0. The molecule has 23 heavy (non-hydrogen) atoms. The van der Waals surface area contributed by atoms with Gasteiger partial charge in [-0.1, -0.05) is 23.9 Å². The van der Waals surface area contributed by atoms with Crippen molar-refractivity contribution in [2.45, 2.75) is 31.6 Å². The zero-order valence-corrected chi connectivity index (χ0v) is 14.6. The average Bonchev–Trinajstić information content (AvgIpc) is 3.01. The quantitative estimate of drug-likeness (QED) is 0.721. The molecule has 0 radical (unpaired) electrons. The molecule has 1 aromatic heterocycles. The van der Waals surface area contributed by atoms with Crippen molar-refractivity contribution in [2.75, 3.05) is 19.9 Å². The molecule has 0 unspecified atom stereocenters. The van der Waals surface area contributed by atoms with Crippen LogP contribution in [0.4, 0.5) is 0 Å². The van der Waals surface area contributed by atoms with Crippen LogP contribution in [0.5, 0.6) is 5.75 Å². The number of hydrogen-bond acceptors (Lipinski definition) is 6. The second-order valence-electron chi connectivity index (χ2n) is 5.39. The number of methoxy groups -OCH3 is 1. The molecule has 8 heteroatoms. The molecule has 0 aliphatic rings. The average molecular weight is 335 g/mol. The van der Waals surface area contributed by atoms with Crippen molar-refractivity contribution in [1.82, 2.24) is 25.1 Å². The minimum absolute atomic E-state index is 0.0242. The number of amides is 1. The van der Waals surface area contributed by atoms with Crippen LogP contribution in [0.3, 0.4) is 0 Å². The topological polar surface area (TPSA) is 73.1 Å². The highest BCUT2D eigenvalue weighted by molar-refractivity contribution is 7.99. The third kappa shape index (κ3) is 4.69. The van der Waals surface area contributed by atoms with Gasteiger partial charge in [-0.2, -0.15) is 0 Å². The Labute approximate surface area is 140 Å². The molecular formula is C15H21N5O2S. The van der Waals surface area contributed by atoms with Crippen molar-refractivity contribution < 1.29 is 9.53 Å². The van der Waals surface area contributed by atoms with Crippen LogP contribution in [-0.4, -0.2) is 50.9 Å². The van der Waals surface area contributed by atoms with Gasteiger partial charge in [0.2, 0.25) is 11.1 Å². The van der Waals surface area contributed by atoms with Crippen LogP contribution in [0.2, 0.25) is 0 Å². The molecule has 0 saturated carbocycles. The van der Waals surface area contributed by atoms with E-state index in [1.807, 2.05) is 38.1 Å². The Kier molecular flexibility index (Phi) is 5.97. The van der Waals surface area contributed by atoms with E-state index in [2.05, 4.69) is 15.5 Å². The molecule has 0 fully saturated rings. The first-order valence-corrected chi connectivity index (χ1v) is 8.27. The lowest BCUT2D eigenvalue weighted by atomic mass is 10.2. The van der Waals surface area contributed by atoms with E-state index in [4.69, 9.17) is 4.74 Å². The van der Waals surface area contributed by atoms with Gasteiger partial charge in [0.15, 0.2) is 0 Å². The number of carbonyl (C=O) groups excluding carboxylic acids is 1. The zero-order valence-electron chi connectivity index (χ0n) is 13.8. The maximum atomic E-state index is 12.3. The molecule has 0 spiro atoms. The number of ether oxygens (including phenoxy) is 1. The third-order valence-electron chi connectivity index (χ3n) is 3.26. The summed E-state index contributed by atoms with van der Waals surface area (Å²) in [5, 5.41) is 12.2. The van der Waals surface area contributed by atoms with Crippen LogP contribution >= 0.6 is 11.8 Å². The second kappa shape index (κ2) is 7.96. The number of aromatic nitrogens is 4. The monoisotopic (exact) mass is 335 g/mol. The van der Waals surface area contributed by atoms with Gasteiger partial charge in [0.25, 0.3) is 0 Å². The molecule has 2 rings (SSSR count). The first-order valence-electron chi connectivity index (χ1n) is 7.28. The Bertz CT molecular complexity index is 659. The Morgan fingerprint density at radius 3 is 2.91 bits per heavy atom. The predicted octanol–water partition coefficient (Wildman–Crippen LogP) is 2.01. The first kappa shape index (κ1) is 17.3. The molecule has 1 amide bonds. The number of nitrogens with zero attached hydrogens (tertiary/aromatic N) is 5. The molecule has 1 aromatic carbocycles. The lowest BCUT2D eigenvalue weighted by Gasteiger charge is -2.17. The van der Waals surface area contributed by atoms with E-state index in [9.17, 15) is 4.79 Å². The summed E-state index contributed by atoms with van der Waals surface area (Å²) in [4.78, 5) is 14.0. The molecule has 0 bridgehead atoms. The van der Waals surface area contributed by atoms with Crippen LogP contribution < -0.4 is 4.74 Å². The van der Waals surface area contributed by atoms with E-state index in [1.54, 1.807) is 23.7 Å². The molecule has 0 N–H and O–H groups in total. The van der Waals surface area contributed by atoms with Crippen molar-refractivity contribution in [2.24, 2.45) is 0 Å². The molecule has 0 atom stereocenters. The summed E-state index contributed by atoms with van der Waals surface area (Å²) in [5.74, 6) is 1.11. The van der Waals surface area contributed by atoms with E-state index < -0.39 is 0 Å². The van der Waals surface area contributed by atoms with Gasteiger partial charge in [0, 0.05) is 13.6 Å². The summed E-state index contributed by atoms with van der Waals surface area (Å²) in [5.41, 5.74) is 1.03. The summed E-state index contributed by atoms with van der Waals surface area (Å²) in [6.07, 6.45) is 0. The normalized spacial score (nSPS) is 10.8. The van der Waals surface area contributed by atoms with Crippen LogP contribution in [0, 0.1) is 0 Å². The van der Waals surface area contributed by atoms with Crippen LogP contribution in [0.25, 0.3) is 0 Å². The van der Waals surface area contributed by atoms with Crippen LogP contribution in [0.15, 0.2) is 29.4 Å². The third-order valence-corrected chi connectivity index (χ3v) is 4.17. The van der Waals surface area contributed by atoms with E-state index >= 15 is 0 Å². The summed E-state index contributed by atoms with van der Waals surface area (Å²) >= 11 is 1.35. The van der Waals surface area contributed by atoms with Gasteiger partial charge >= 0.3 is 0 Å². The van der Waals surface area contributed by atoms with Crippen LogP contribution in [0.1, 0.15) is 25.5 Å². The van der Waals surface area contributed by atoms with E-state index in [0.717, 1.165) is 11.3 Å². The minimum atomic E-state index is 0.0242. The largest absolute Gasteiger partial charge is 0.497 e. The molecular weight excluding hydrogens is 314 g/mol. The van der Waals surface area contributed by atoms with Gasteiger partial charge < -0.3 is 9.64 Å². The Morgan fingerprint density at radius 2 is 2.22 bits per heavy atom. The van der Waals surface area contributed by atoms with E-state index in [1.165, 1.54) is 11.8 Å². The van der Waals surface area contributed by atoms with Gasteiger partial charge in [-0.3, -0.25) is 4.79 Å². The summed E-state index contributed by atoms with van der Waals surface area (Å²) in [6, 6.07) is 7.86. The number of hydrogen-bond donors (Lipinski definition) is 0. The maximum Gasteiger partial charge on any atom is 0.233 e. The van der Waals surface area contributed by atoms with Gasteiger partial charge in [-0.25, -0.2) is 4.68 Å². The Hall–Kier alpha value is -2.09. The fourth-order valence-electron chi connectivity index (χ4n) is 1.97.